The molecule has 0 spiro atoms. The van der Waals surface area contributed by atoms with Crippen LogP contribution in [0.1, 0.15) is 46.0 Å². The Morgan fingerprint density at radius 1 is 1.32 bits per heavy atom. The van der Waals surface area contributed by atoms with Crippen LogP contribution in [0.3, 0.4) is 0 Å². The van der Waals surface area contributed by atoms with Gasteiger partial charge in [0.1, 0.15) is 6.04 Å². The number of hydrogen-bond donors (Lipinski definition) is 1. The molecule has 0 aliphatic carbocycles. The fraction of sp³-hybridized carbons (Fsp3) is 0.857. The third kappa shape index (κ3) is 4.95. The fourth-order valence-corrected chi connectivity index (χ4v) is 4.51. The topological polar surface area (TPSA) is 95.0 Å². The molecule has 0 saturated carbocycles. The number of hydrogen-bond acceptors (Lipinski definition) is 4. The highest BCUT2D eigenvalue weighted by molar-refractivity contribution is 7.89. The van der Waals surface area contributed by atoms with Gasteiger partial charge in [-0.05, 0) is 26.2 Å². The zero-order valence-corrected chi connectivity index (χ0v) is 14.1. The van der Waals surface area contributed by atoms with E-state index in [2.05, 4.69) is 0 Å². The van der Waals surface area contributed by atoms with Crippen LogP contribution >= 0.6 is 0 Å². The first-order valence-electron chi connectivity index (χ1n) is 7.83. The summed E-state index contributed by atoms with van der Waals surface area (Å²) in [6.45, 7) is 4.56. The van der Waals surface area contributed by atoms with Gasteiger partial charge in [-0.1, -0.05) is 13.3 Å². The molecule has 1 amide bonds. The Morgan fingerprint density at radius 3 is 2.55 bits per heavy atom. The van der Waals surface area contributed by atoms with E-state index in [-0.39, 0.29) is 24.6 Å². The summed E-state index contributed by atoms with van der Waals surface area (Å²) >= 11 is 0. The Balaban J connectivity index is 2.79. The van der Waals surface area contributed by atoms with Crippen LogP contribution in [0.25, 0.3) is 0 Å². The number of carboxylic acids is 1. The zero-order valence-electron chi connectivity index (χ0n) is 13.3. The Labute approximate surface area is 132 Å². The summed E-state index contributed by atoms with van der Waals surface area (Å²) in [5.41, 5.74) is 0. The second-order valence-electron chi connectivity index (χ2n) is 5.50. The van der Waals surface area contributed by atoms with Gasteiger partial charge < -0.3 is 10.0 Å². The minimum Gasteiger partial charge on any atom is -0.481 e. The van der Waals surface area contributed by atoms with Gasteiger partial charge in [-0.2, -0.15) is 4.31 Å². The first kappa shape index (κ1) is 18.9. The lowest BCUT2D eigenvalue weighted by atomic mass is 10.2. The number of likely N-dealkylation sites (N-methyl/N-ethyl adjacent to an activating group) is 1. The molecule has 0 radical (unpaired) electrons. The summed E-state index contributed by atoms with van der Waals surface area (Å²) in [4.78, 5) is 24.6. The summed E-state index contributed by atoms with van der Waals surface area (Å²) in [6, 6.07) is -0.671. The molecule has 128 valence electrons. The molecule has 1 fully saturated rings. The third-order valence-corrected chi connectivity index (χ3v) is 5.85. The molecule has 1 unspecified atom stereocenters. The van der Waals surface area contributed by atoms with E-state index in [9.17, 15) is 18.0 Å². The molecule has 1 aliphatic rings. The van der Waals surface area contributed by atoms with Gasteiger partial charge >= 0.3 is 5.97 Å². The van der Waals surface area contributed by atoms with Crippen molar-refractivity contribution in [2.24, 2.45) is 0 Å². The number of carboxylic acid groups (broad SMARTS) is 1. The summed E-state index contributed by atoms with van der Waals surface area (Å²) in [6.07, 6.45) is 2.41. The molecule has 8 heteroatoms. The summed E-state index contributed by atoms with van der Waals surface area (Å²) in [5, 5.41) is 8.74. The average Bonchev–Trinajstić information content (AvgIpc) is 2.95. The number of carbonyl (C=O) groups is 2. The second-order valence-corrected chi connectivity index (χ2v) is 7.54. The lowest BCUT2D eigenvalue weighted by molar-refractivity contribution is -0.139. The number of carbonyl (C=O) groups excluding carboxylic acids is 1. The molecule has 0 aromatic rings. The number of aliphatic carboxylic acids is 1. The lowest BCUT2D eigenvalue weighted by Gasteiger charge is -2.29. The predicted octanol–water partition coefficient (Wildman–Crippen LogP) is 0.904. The minimum absolute atomic E-state index is 0.0640. The van der Waals surface area contributed by atoms with E-state index in [0.717, 1.165) is 6.42 Å². The van der Waals surface area contributed by atoms with Crippen LogP contribution in [0, 0.1) is 0 Å². The Bertz CT molecular complexity index is 491. The molecule has 0 bridgehead atoms. The summed E-state index contributed by atoms with van der Waals surface area (Å²) in [5.74, 6) is -1.18. The molecular formula is C14H26N2O5S. The number of unbranched alkanes of at least 4 members (excludes halogenated alkanes) is 1. The van der Waals surface area contributed by atoms with E-state index in [1.54, 1.807) is 6.92 Å². The standard InChI is InChI=1S/C14H26N2O5S/c1-3-5-11-22(20,21)16-9-6-7-12(16)14(19)15(4-2)10-8-13(17)18/h12H,3-11H2,1-2H3,(H,17,18). The molecule has 1 saturated heterocycles. The second kappa shape index (κ2) is 8.47. The number of rotatable bonds is 9. The monoisotopic (exact) mass is 334 g/mol. The lowest BCUT2D eigenvalue weighted by Crippen LogP contribution is -2.48. The Morgan fingerprint density at radius 2 is 2.00 bits per heavy atom. The van der Waals surface area contributed by atoms with E-state index in [1.165, 1.54) is 9.21 Å². The summed E-state index contributed by atoms with van der Waals surface area (Å²) in [7, 11) is -3.42. The maximum absolute atomic E-state index is 12.5. The molecule has 22 heavy (non-hydrogen) atoms. The molecule has 7 nitrogen and oxygen atoms in total. The molecule has 0 aromatic heterocycles. The van der Waals surface area contributed by atoms with Crippen molar-refractivity contribution in [3.63, 3.8) is 0 Å². The molecule has 1 heterocycles. The maximum Gasteiger partial charge on any atom is 0.305 e. The molecule has 1 rings (SSSR count). The Hall–Kier alpha value is -1.15. The first-order chi connectivity index (χ1) is 10.3. The van der Waals surface area contributed by atoms with Gasteiger partial charge in [-0.3, -0.25) is 9.59 Å². The highest BCUT2D eigenvalue weighted by atomic mass is 32.2. The van der Waals surface area contributed by atoms with Crippen LogP contribution in [0.2, 0.25) is 0 Å². The van der Waals surface area contributed by atoms with E-state index >= 15 is 0 Å². The van der Waals surface area contributed by atoms with E-state index < -0.39 is 22.0 Å². The smallest absolute Gasteiger partial charge is 0.305 e. The van der Waals surface area contributed by atoms with Crippen molar-refractivity contribution < 1.29 is 23.1 Å². The van der Waals surface area contributed by atoms with Gasteiger partial charge in [-0.15, -0.1) is 0 Å². The van der Waals surface area contributed by atoms with Crippen molar-refractivity contribution >= 4 is 21.9 Å². The number of amides is 1. The van der Waals surface area contributed by atoms with Gasteiger partial charge in [0.05, 0.1) is 12.2 Å². The van der Waals surface area contributed by atoms with Crippen LogP contribution in [0.5, 0.6) is 0 Å². The SMILES string of the molecule is CCCCS(=O)(=O)N1CCCC1C(=O)N(CC)CCC(=O)O. The van der Waals surface area contributed by atoms with E-state index in [1.807, 2.05) is 6.92 Å². The fourth-order valence-electron chi connectivity index (χ4n) is 2.63. The van der Waals surface area contributed by atoms with Crippen LogP contribution < -0.4 is 0 Å². The van der Waals surface area contributed by atoms with Crippen LogP contribution in [-0.2, 0) is 19.6 Å². The van der Waals surface area contributed by atoms with Crippen molar-refractivity contribution in [1.29, 1.82) is 0 Å². The summed E-state index contributed by atoms with van der Waals surface area (Å²) < 4.78 is 26.0. The van der Waals surface area contributed by atoms with Crippen LogP contribution in [-0.4, -0.2) is 66.0 Å². The van der Waals surface area contributed by atoms with Crippen molar-refractivity contribution in [2.75, 3.05) is 25.4 Å². The van der Waals surface area contributed by atoms with Crippen LogP contribution in [0.4, 0.5) is 0 Å². The van der Waals surface area contributed by atoms with Crippen molar-refractivity contribution in [3.8, 4) is 0 Å². The Kier molecular flexibility index (Phi) is 7.28. The quantitative estimate of drug-likeness (QED) is 0.676. The molecule has 1 atom stereocenters. The first-order valence-corrected chi connectivity index (χ1v) is 9.44. The van der Waals surface area contributed by atoms with Gasteiger partial charge in [0.15, 0.2) is 0 Å². The van der Waals surface area contributed by atoms with Gasteiger partial charge in [0.25, 0.3) is 0 Å². The van der Waals surface area contributed by atoms with Crippen molar-refractivity contribution in [3.05, 3.63) is 0 Å². The number of nitrogens with zero attached hydrogens (tertiary/aromatic N) is 2. The van der Waals surface area contributed by atoms with E-state index in [4.69, 9.17) is 5.11 Å². The number of sulfonamides is 1. The van der Waals surface area contributed by atoms with Crippen molar-refractivity contribution in [1.82, 2.24) is 9.21 Å². The average molecular weight is 334 g/mol. The minimum atomic E-state index is -3.42. The molecule has 0 aromatic carbocycles. The maximum atomic E-state index is 12.5. The van der Waals surface area contributed by atoms with E-state index in [0.29, 0.717) is 32.4 Å². The predicted molar refractivity (Wildman–Crippen MR) is 82.9 cm³/mol. The zero-order chi connectivity index (χ0) is 16.8. The highest BCUT2D eigenvalue weighted by Gasteiger charge is 2.39. The van der Waals surface area contributed by atoms with Gasteiger partial charge in [0, 0.05) is 19.6 Å². The van der Waals surface area contributed by atoms with Crippen LogP contribution in [0.15, 0.2) is 0 Å². The third-order valence-electron chi connectivity index (χ3n) is 3.89. The molecule has 1 aliphatic heterocycles. The molecular weight excluding hydrogens is 308 g/mol. The van der Waals surface area contributed by atoms with Gasteiger partial charge in [0.2, 0.25) is 15.9 Å². The van der Waals surface area contributed by atoms with Crippen molar-refractivity contribution in [2.45, 2.75) is 52.0 Å². The van der Waals surface area contributed by atoms with Gasteiger partial charge in [-0.25, -0.2) is 8.42 Å². The normalized spacial score (nSPS) is 19.3. The largest absolute Gasteiger partial charge is 0.481 e. The molecule has 1 N–H and O–H groups in total. The highest BCUT2D eigenvalue weighted by Crippen LogP contribution is 2.24.